The molecule has 0 saturated carbocycles. The summed E-state index contributed by atoms with van der Waals surface area (Å²) >= 11 is 2.39. The Hall–Kier alpha value is -1.09. The monoisotopic (exact) mass is 334 g/mol. The lowest BCUT2D eigenvalue weighted by Gasteiger charge is -2.02. The molecule has 0 fully saturated rings. The zero-order valence-electron chi connectivity index (χ0n) is 10.1. The molecule has 0 heterocycles. The molecule has 17 heavy (non-hydrogen) atoms. The van der Waals surface area contributed by atoms with E-state index in [2.05, 4.69) is 91.0 Å². The highest BCUT2D eigenvalue weighted by Crippen LogP contribution is 2.09. The maximum atomic E-state index is 2.39. The van der Waals surface area contributed by atoms with Crippen LogP contribution in [-0.4, -0.2) is 0 Å². The van der Waals surface area contributed by atoms with Crippen molar-refractivity contribution in [1.82, 2.24) is 0 Å². The Labute approximate surface area is 116 Å². The Morgan fingerprint density at radius 2 is 1.29 bits per heavy atom. The highest BCUT2D eigenvalue weighted by molar-refractivity contribution is 14.1. The number of halogens is 1. The van der Waals surface area contributed by atoms with Gasteiger partial charge in [0.15, 0.2) is 0 Å². The first kappa shape index (κ1) is 12.4. The fourth-order valence-electron chi connectivity index (χ4n) is 1.95. The van der Waals surface area contributed by atoms with E-state index in [0.29, 0.717) is 0 Å². The van der Waals surface area contributed by atoms with Crippen molar-refractivity contribution in [3.05, 3.63) is 70.6 Å². The van der Waals surface area contributed by atoms with Crippen LogP contribution in [0.2, 0.25) is 0 Å². The molecule has 0 bridgehead atoms. The standard InChI is InChI=1S/C16H15I/c1-12(14-8-4-3-5-9-14)15-10-6-7-11-16(15)13(2)17/h3-11H,1-2H3/b15-12-,16-13+. The van der Waals surface area contributed by atoms with Crippen LogP contribution in [-0.2, 0) is 0 Å². The summed E-state index contributed by atoms with van der Waals surface area (Å²) in [6, 6.07) is 19.1. The Morgan fingerprint density at radius 3 is 1.88 bits per heavy atom. The van der Waals surface area contributed by atoms with Crippen molar-refractivity contribution in [1.29, 1.82) is 0 Å². The molecule has 0 amide bonds. The van der Waals surface area contributed by atoms with Gasteiger partial charge in [-0.2, -0.15) is 0 Å². The molecule has 0 spiro atoms. The highest BCUT2D eigenvalue weighted by atomic mass is 127. The summed E-state index contributed by atoms with van der Waals surface area (Å²) in [4.78, 5) is 0. The van der Waals surface area contributed by atoms with Gasteiger partial charge in [-0.05, 0) is 61.6 Å². The van der Waals surface area contributed by atoms with Gasteiger partial charge in [0.2, 0.25) is 0 Å². The zero-order chi connectivity index (χ0) is 12.3. The maximum absolute atomic E-state index is 2.39. The fourth-order valence-corrected chi connectivity index (χ4v) is 2.42. The van der Waals surface area contributed by atoms with E-state index in [1.165, 1.54) is 25.2 Å². The van der Waals surface area contributed by atoms with Gasteiger partial charge in [-0.1, -0.05) is 54.6 Å². The second-order valence-electron chi connectivity index (χ2n) is 4.07. The van der Waals surface area contributed by atoms with Gasteiger partial charge in [-0.3, -0.25) is 0 Å². The largest absolute Gasteiger partial charge is 0.0622 e. The van der Waals surface area contributed by atoms with Crippen molar-refractivity contribution in [2.45, 2.75) is 13.8 Å². The molecule has 2 aromatic rings. The predicted octanol–water partition coefficient (Wildman–Crippen LogP) is 3.47. The first-order valence-corrected chi connectivity index (χ1v) is 6.76. The van der Waals surface area contributed by atoms with E-state index in [-0.39, 0.29) is 0 Å². The Morgan fingerprint density at radius 1 is 0.765 bits per heavy atom. The van der Waals surface area contributed by atoms with Gasteiger partial charge in [-0.25, -0.2) is 0 Å². The van der Waals surface area contributed by atoms with Crippen molar-refractivity contribution in [2.75, 3.05) is 0 Å². The van der Waals surface area contributed by atoms with Crippen molar-refractivity contribution in [3.8, 4) is 0 Å². The molecule has 1 heteroatoms. The Bertz CT molecular complexity index is 620. The molecule has 0 aliphatic rings. The molecule has 0 radical (unpaired) electrons. The van der Waals surface area contributed by atoms with Crippen LogP contribution in [0.3, 0.4) is 0 Å². The van der Waals surface area contributed by atoms with Crippen molar-refractivity contribution < 1.29 is 0 Å². The molecule has 2 rings (SSSR count). The van der Waals surface area contributed by atoms with Crippen LogP contribution < -0.4 is 10.4 Å². The van der Waals surface area contributed by atoms with Crippen molar-refractivity contribution in [3.63, 3.8) is 0 Å². The third-order valence-electron chi connectivity index (χ3n) is 2.91. The minimum absolute atomic E-state index is 1.29. The first-order valence-electron chi connectivity index (χ1n) is 5.68. The number of hydrogen-bond acceptors (Lipinski definition) is 0. The molecular weight excluding hydrogens is 319 g/mol. The molecule has 0 aliphatic heterocycles. The van der Waals surface area contributed by atoms with Gasteiger partial charge in [-0.15, -0.1) is 0 Å². The van der Waals surface area contributed by atoms with Gasteiger partial charge in [0, 0.05) is 0 Å². The number of hydrogen-bond donors (Lipinski definition) is 0. The van der Waals surface area contributed by atoms with E-state index >= 15 is 0 Å². The topological polar surface area (TPSA) is 0 Å². The summed E-state index contributed by atoms with van der Waals surface area (Å²) in [6.07, 6.45) is 0. The summed E-state index contributed by atoms with van der Waals surface area (Å²) in [6.45, 7) is 4.34. The van der Waals surface area contributed by atoms with Gasteiger partial charge < -0.3 is 0 Å². The van der Waals surface area contributed by atoms with E-state index in [4.69, 9.17) is 0 Å². The molecule has 0 atom stereocenters. The summed E-state index contributed by atoms with van der Waals surface area (Å²) in [5.41, 5.74) is 2.62. The van der Waals surface area contributed by atoms with E-state index in [9.17, 15) is 0 Å². The normalized spacial score (nSPS) is 14.3. The predicted molar refractivity (Wildman–Crippen MR) is 83.4 cm³/mol. The molecule has 0 saturated heterocycles. The zero-order valence-corrected chi connectivity index (χ0v) is 12.2. The first-order chi connectivity index (χ1) is 8.20. The second-order valence-corrected chi connectivity index (χ2v) is 5.69. The maximum Gasteiger partial charge on any atom is -0.00466 e. The smallest absolute Gasteiger partial charge is 0.00466 e. The van der Waals surface area contributed by atoms with Crippen molar-refractivity contribution >= 4 is 31.7 Å². The SMILES string of the molecule is C/C(c1ccccc1)=c1\cccc\c1=C(\C)I. The van der Waals surface area contributed by atoms with Crippen LogP contribution in [0.4, 0.5) is 0 Å². The molecular formula is C16H15I. The minimum Gasteiger partial charge on any atom is -0.0622 e. The average Bonchev–Trinajstić information content (AvgIpc) is 2.39. The van der Waals surface area contributed by atoms with E-state index in [1.54, 1.807) is 0 Å². The minimum atomic E-state index is 1.29. The highest BCUT2D eigenvalue weighted by Gasteiger charge is 1.97. The number of benzene rings is 2. The van der Waals surface area contributed by atoms with Gasteiger partial charge in [0.25, 0.3) is 0 Å². The lowest BCUT2D eigenvalue weighted by molar-refractivity contribution is 1.43. The van der Waals surface area contributed by atoms with Crippen LogP contribution in [0.15, 0.2) is 54.6 Å². The van der Waals surface area contributed by atoms with Gasteiger partial charge >= 0.3 is 0 Å². The van der Waals surface area contributed by atoms with E-state index in [1.807, 2.05) is 0 Å². The molecule has 0 nitrogen and oxygen atoms in total. The van der Waals surface area contributed by atoms with Gasteiger partial charge in [0.05, 0.1) is 0 Å². The van der Waals surface area contributed by atoms with Crippen LogP contribution >= 0.6 is 22.6 Å². The molecule has 0 aromatic heterocycles. The summed E-state index contributed by atoms with van der Waals surface area (Å²) in [7, 11) is 0. The quantitative estimate of drug-likeness (QED) is 0.701. The Kier molecular flexibility index (Phi) is 4.00. The van der Waals surface area contributed by atoms with Crippen LogP contribution in [0, 0.1) is 0 Å². The molecule has 2 aromatic carbocycles. The van der Waals surface area contributed by atoms with Crippen LogP contribution in [0.1, 0.15) is 19.4 Å². The fraction of sp³-hybridized carbons (Fsp3) is 0.125. The average molecular weight is 334 g/mol. The summed E-state index contributed by atoms with van der Waals surface area (Å²) in [5, 5.41) is 2.65. The van der Waals surface area contributed by atoms with E-state index < -0.39 is 0 Å². The Balaban J connectivity index is 2.81. The molecule has 86 valence electrons. The van der Waals surface area contributed by atoms with Gasteiger partial charge in [0.1, 0.15) is 0 Å². The van der Waals surface area contributed by atoms with Crippen molar-refractivity contribution in [2.24, 2.45) is 0 Å². The third kappa shape index (κ3) is 2.78. The summed E-state index contributed by atoms with van der Waals surface area (Å²) < 4.78 is 1.33. The van der Waals surface area contributed by atoms with Crippen LogP contribution in [0.5, 0.6) is 0 Å². The summed E-state index contributed by atoms with van der Waals surface area (Å²) in [5.74, 6) is 0. The second kappa shape index (κ2) is 5.50. The molecule has 0 aliphatic carbocycles. The lowest BCUT2D eigenvalue weighted by Crippen LogP contribution is -2.27. The third-order valence-corrected chi connectivity index (χ3v) is 3.49. The number of rotatable bonds is 1. The molecule has 0 N–H and O–H groups in total. The van der Waals surface area contributed by atoms with E-state index in [0.717, 1.165) is 0 Å². The van der Waals surface area contributed by atoms with Crippen LogP contribution in [0.25, 0.3) is 9.15 Å². The molecule has 0 unspecified atom stereocenters. The lowest BCUT2D eigenvalue weighted by atomic mass is 10.0.